The molecular weight excluding hydrogens is 174 g/mol. The van der Waals surface area contributed by atoms with Crippen LogP contribution in [0.25, 0.3) is 0 Å². The number of hydrogen-bond acceptors (Lipinski definition) is 3. The van der Waals surface area contributed by atoms with Gasteiger partial charge < -0.3 is 0 Å². The molecule has 3 nitrogen and oxygen atoms in total. The zero-order chi connectivity index (χ0) is 9.14. The molecule has 1 heterocycles. The van der Waals surface area contributed by atoms with Crippen molar-refractivity contribution >= 4 is 23.6 Å². The monoisotopic (exact) mass is 185 g/mol. The average molecular weight is 185 g/mol. The molecule has 0 aromatic carbocycles. The Hall–Kier alpha value is -0.770. The Morgan fingerprint density at radius 2 is 2.17 bits per heavy atom. The Balaban J connectivity index is 2.58. The van der Waals surface area contributed by atoms with E-state index in [2.05, 4.69) is 0 Å². The third kappa shape index (κ3) is 1.69. The SMILES string of the molecule is CSCCN1C(=O)C=C(C)C1=O. The lowest BCUT2D eigenvalue weighted by molar-refractivity contribution is -0.136. The number of rotatable bonds is 3. The largest absolute Gasteiger partial charge is 0.274 e. The molecule has 66 valence electrons. The molecule has 0 saturated carbocycles. The van der Waals surface area contributed by atoms with Gasteiger partial charge in [-0.25, -0.2) is 0 Å². The molecule has 2 amide bonds. The Morgan fingerprint density at radius 1 is 1.50 bits per heavy atom. The molecule has 1 aliphatic heterocycles. The highest BCUT2D eigenvalue weighted by atomic mass is 32.2. The van der Waals surface area contributed by atoms with Crippen LogP contribution in [0.1, 0.15) is 6.92 Å². The van der Waals surface area contributed by atoms with E-state index in [-0.39, 0.29) is 11.8 Å². The van der Waals surface area contributed by atoms with Crippen molar-refractivity contribution in [3.8, 4) is 0 Å². The average Bonchev–Trinajstić information content (AvgIpc) is 2.25. The summed E-state index contributed by atoms with van der Waals surface area (Å²) < 4.78 is 0. The number of nitrogens with zero attached hydrogens (tertiary/aromatic N) is 1. The predicted octanol–water partition coefficient (Wildman–Crippen LogP) is 0.665. The van der Waals surface area contributed by atoms with E-state index in [1.165, 1.54) is 11.0 Å². The summed E-state index contributed by atoms with van der Waals surface area (Å²) in [5.74, 6) is 0.485. The van der Waals surface area contributed by atoms with Gasteiger partial charge in [0.1, 0.15) is 0 Å². The van der Waals surface area contributed by atoms with Crippen LogP contribution < -0.4 is 0 Å². The number of thioether (sulfide) groups is 1. The maximum Gasteiger partial charge on any atom is 0.256 e. The molecule has 0 fully saturated rings. The third-order valence-corrected chi connectivity index (χ3v) is 2.30. The summed E-state index contributed by atoms with van der Waals surface area (Å²) in [7, 11) is 0. The summed E-state index contributed by atoms with van der Waals surface area (Å²) in [6.45, 7) is 2.19. The van der Waals surface area contributed by atoms with Gasteiger partial charge in [-0.2, -0.15) is 11.8 Å². The van der Waals surface area contributed by atoms with Gasteiger partial charge in [0.2, 0.25) is 0 Å². The third-order valence-electron chi connectivity index (χ3n) is 1.71. The summed E-state index contributed by atoms with van der Waals surface area (Å²) in [6.07, 6.45) is 3.34. The van der Waals surface area contributed by atoms with Gasteiger partial charge in [0.05, 0.1) is 0 Å². The lowest BCUT2D eigenvalue weighted by Crippen LogP contribution is -2.32. The molecule has 12 heavy (non-hydrogen) atoms. The lowest BCUT2D eigenvalue weighted by Gasteiger charge is -2.12. The lowest BCUT2D eigenvalue weighted by atomic mass is 10.3. The molecule has 0 atom stereocenters. The van der Waals surface area contributed by atoms with E-state index < -0.39 is 0 Å². The Kier molecular flexibility index (Phi) is 2.92. The van der Waals surface area contributed by atoms with Crippen molar-refractivity contribution in [1.82, 2.24) is 4.90 Å². The van der Waals surface area contributed by atoms with Crippen molar-refractivity contribution in [3.05, 3.63) is 11.6 Å². The van der Waals surface area contributed by atoms with E-state index in [4.69, 9.17) is 0 Å². The number of carbonyl (C=O) groups is 2. The maximum atomic E-state index is 11.2. The van der Waals surface area contributed by atoms with Crippen molar-refractivity contribution in [1.29, 1.82) is 0 Å². The summed E-state index contributed by atoms with van der Waals surface area (Å²) in [5, 5.41) is 0. The zero-order valence-electron chi connectivity index (χ0n) is 7.16. The summed E-state index contributed by atoms with van der Waals surface area (Å²) >= 11 is 1.62. The number of imide groups is 1. The molecule has 1 rings (SSSR count). The molecular formula is C8H11NO2S. The smallest absolute Gasteiger partial charge is 0.256 e. The first kappa shape index (κ1) is 9.32. The minimum absolute atomic E-state index is 0.144. The zero-order valence-corrected chi connectivity index (χ0v) is 7.98. The maximum absolute atomic E-state index is 11.2. The van der Waals surface area contributed by atoms with E-state index in [1.807, 2.05) is 6.26 Å². The second-order valence-corrected chi connectivity index (χ2v) is 3.60. The summed E-state index contributed by atoms with van der Waals surface area (Å²) in [5.41, 5.74) is 0.543. The molecule has 0 aromatic heterocycles. The van der Waals surface area contributed by atoms with Crippen molar-refractivity contribution in [3.63, 3.8) is 0 Å². The van der Waals surface area contributed by atoms with Gasteiger partial charge in [-0.15, -0.1) is 0 Å². The van der Waals surface area contributed by atoms with Crippen molar-refractivity contribution in [2.24, 2.45) is 0 Å². The predicted molar refractivity (Wildman–Crippen MR) is 48.9 cm³/mol. The fourth-order valence-electron chi connectivity index (χ4n) is 1.03. The van der Waals surface area contributed by atoms with Crippen LogP contribution in [0.3, 0.4) is 0 Å². The first-order valence-electron chi connectivity index (χ1n) is 3.70. The highest BCUT2D eigenvalue weighted by molar-refractivity contribution is 7.98. The van der Waals surface area contributed by atoms with Gasteiger partial charge in [-0.05, 0) is 13.2 Å². The second kappa shape index (κ2) is 3.76. The van der Waals surface area contributed by atoms with Crippen LogP contribution in [0.4, 0.5) is 0 Å². The molecule has 0 N–H and O–H groups in total. The van der Waals surface area contributed by atoms with Crippen LogP contribution in [0.15, 0.2) is 11.6 Å². The van der Waals surface area contributed by atoms with Crippen LogP contribution >= 0.6 is 11.8 Å². The van der Waals surface area contributed by atoms with Crippen LogP contribution in [0, 0.1) is 0 Å². The summed E-state index contributed by atoms with van der Waals surface area (Å²) in [6, 6.07) is 0. The van der Waals surface area contributed by atoms with Crippen LogP contribution in [-0.2, 0) is 9.59 Å². The van der Waals surface area contributed by atoms with E-state index >= 15 is 0 Å². The van der Waals surface area contributed by atoms with E-state index in [0.717, 1.165) is 5.75 Å². The Labute approximate surface area is 75.8 Å². The molecule has 0 saturated heterocycles. The molecule has 0 spiro atoms. The second-order valence-electron chi connectivity index (χ2n) is 2.62. The molecule has 0 aliphatic carbocycles. The van der Waals surface area contributed by atoms with Crippen LogP contribution in [0.2, 0.25) is 0 Å². The molecule has 0 aromatic rings. The molecule has 0 unspecified atom stereocenters. The van der Waals surface area contributed by atoms with Crippen molar-refractivity contribution in [2.75, 3.05) is 18.6 Å². The van der Waals surface area contributed by atoms with Gasteiger partial charge in [-0.1, -0.05) is 0 Å². The van der Waals surface area contributed by atoms with Gasteiger partial charge in [0.25, 0.3) is 11.8 Å². The highest BCUT2D eigenvalue weighted by Crippen LogP contribution is 2.11. The summed E-state index contributed by atoms with van der Waals surface area (Å²) in [4.78, 5) is 23.7. The number of carbonyl (C=O) groups excluding carboxylic acids is 2. The van der Waals surface area contributed by atoms with E-state index in [0.29, 0.717) is 12.1 Å². The first-order valence-corrected chi connectivity index (χ1v) is 5.09. The minimum atomic E-state index is -0.174. The first-order chi connectivity index (χ1) is 5.66. The molecule has 0 radical (unpaired) electrons. The minimum Gasteiger partial charge on any atom is -0.274 e. The molecule has 1 aliphatic rings. The topological polar surface area (TPSA) is 37.4 Å². The number of amides is 2. The van der Waals surface area contributed by atoms with Crippen molar-refractivity contribution < 1.29 is 9.59 Å². The normalized spacial score (nSPS) is 17.2. The fourth-order valence-corrected chi connectivity index (χ4v) is 1.40. The van der Waals surface area contributed by atoms with E-state index in [9.17, 15) is 9.59 Å². The Morgan fingerprint density at radius 3 is 2.58 bits per heavy atom. The van der Waals surface area contributed by atoms with E-state index in [1.54, 1.807) is 18.7 Å². The van der Waals surface area contributed by atoms with Gasteiger partial charge in [0.15, 0.2) is 0 Å². The van der Waals surface area contributed by atoms with Crippen LogP contribution in [0.5, 0.6) is 0 Å². The standard InChI is InChI=1S/C8H11NO2S/c1-6-5-7(10)9(8(6)11)3-4-12-2/h5H,3-4H2,1-2H3. The highest BCUT2D eigenvalue weighted by Gasteiger charge is 2.27. The fraction of sp³-hybridized carbons (Fsp3) is 0.500. The molecule has 0 bridgehead atoms. The quantitative estimate of drug-likeness (QED) is 0.606. The van der Waals surface area contributed by atoms with Crippen LogP contribution in [-0.4, -0.2) is 35.3 Å². The molecule has 4 heteroatoms. The van der Waals surface area contributed by atoms with Gasteiger partial charge in [-0.3, -0.25) is 14.5 Å². The van der Waals surface area contributed by atoms with Crippen molar-refractivity contribution in [2.45, 2.75) is 6.92 Å². The number of hydrogen-bond donors (Lipinski definition) is 0. The Bertz CT molecular complexity index is 247. The van der Waals surface area contributed by atoms with Gasteiger partial charge in [0, 0.05) is 23.9 Å². The van der Waals surface area contributed by atoms with Gasteiger partial charge >= 0.3 is 0 Å².